The van der Waals surface area contributed by atoms with Crippen LogP contribution in [0.25, 0.3) is 20.4 Å². The van der Waals surface area contributed by atoms with Crippen molar-refractivity contribution in [3.8, 4) is 0 Å². The highest BCUT2D eigenvalue weighted by molar-refractivity contribution is 7.99. The summed E-state index contributed by atoms with van der Waals surface area (Å²) in [5.74, 6) is 1.79. The zero-order valence-corrected chi connectivity index (χ0v) is 19.7. The predicted molar refractivity (Wildman–Crippen MR) is 127 cm³/mol. The van der Waals surface area contributed by atoms with Gasteiger partial charge in [-0.3, -0.25) is 0 Å². The summed E-state index contributed by atoms with van der Waals surface area (Å²) in [5, 5.41) is 2.48. The van der Waals surface area contributed by atoms with Gasteiger partial charge in [0.2, 0.25) is 0 Å². The van der Waals surface area contributed by atoms with E-state index < -0.39 is 0 Å². The molecule has 3 aromatic rings. The molecule has 156 valence electrons. The third-order valence-electron chi connectivity index (χ3n) is 5.86. The first-order valence-electron chi connectivity index (χ1n) is 11.4. The molecule has 3 nitrogen and oxygen atoms in total. The standard InChI is InChI=1S/C24H33N3S2/c1-4-5-6-7-8-9-13-28-24-22-21(25-15-26-24)20-18-12-10-11-17(18)19(14-16(2)3)27-23(20)29-22/h15-16H,4-14H2,1-3H3. The number of unbranched alkanes of at least 4 members (excludes halogenated alkanes) is 5. The average molecular weight is 428 g/mol. The minimum absolute atomic E-state index is 0.641. The molecule has 0 saturated carbocycles. The summed E-state index contributed by atoms with van der Waals surface area (Å²) in [5.41, 5.74) is 5.53. The molecule has 0 spiro atoms. The van der Waals surface area contributed by atoms with Crippen LogP contribution in [0.2, 0.25) is 0 Å². The number of fused-ring (bicyclic) bond motifs is 5. The van der Waals surface area contributed by atoms with E-state index in [1.54, 1.807) is 6.33 Å². The van der Waals surface area contributed by atoms with Gasteiger partial charge in [0.05, 0.1) is 10.2 Å². The molecule has 0 unspecified atom stereocenters. The van der Waals surface area contributed by atoms with Crippen LogP contribution in [0.3, 0.4) is 0 Å². The van der Waals surface area contributed by atoms with Gasteiger partial charge in [-0.25, -0.2) is 15.0 Å². The fourth-order valence-corrected chi connectivity index (χ4v) is 6.72. The number of nitrogens with zero attached hydrogens (tertiary/aromatic N) is 3. The highest BCUT2D eigenvalue weighted by Gasteiger charge is 2.24. The molecular formula is C24H33N3S2. The lowest BCUT2D eigenvalue weighted by Gasteiger charge is -2.11. The molecular weight excluding hydrogens is 394 g/mol. The first-order valence-corrected chi connectivity index (χ1v) is 13.2. The number of thiophene rings is 1. The number of aromatic nitrogens is 3. The fraction of sp³-hybridized carbons (Fsp3) is 0.625. The quantitative estimate of drug-likeness (QED) is 0.192. The number of hydrogen-bond acceptors (Lipinski definition) is 5. The average Bonchev–Trinajstić information content (AvgIpc) is 3.31. The van der Waals surface area contributed by atoms with Crippen LogP contribution in [0.1, 0.15) is 82.5 Å². The summed E-state index contributed by atoms with van der Waals surface area (Å²) < 4.78 is 1.25. The van der Waals surface area contributed by atoms with Crippen LogP contribution < -0.4 is 0 Å². The Morgan fingerprint density at radius 2 is 1.83 bits per heavy atom. The summed E-state index contributed by atoms with van der Waals surface area (Å²) in [7, 11) is 0. The highest BCUT2D eigenvalue weighted by atomic mass is 32.2. The molecule has 0 radical (unpaired) electrons. The second kappa shape index (κ2) is 9.74. The smallest absolute Gasteiger partial charge is 0.126 e. The van der Waals surface area contributed by atoms with E-state index in [-0.39, 0.29) is 0 Å². The SMILES string of the molecule is CCCCCCCCSc1ncnc2c1sc1nc(CC(C)C)c3c(c12)CCC3. The van der Waals surface area contributed by atoms with Crippen molar-refractivity contribution in [1.82, 2.24) is 15.0 Å². The van der Waals surface area contributed by atoms with Gasteiger partial charge in [0.15, 0.2) is 0 Å². The molecule has 4 rings (SSSR count). The first kappa shape index (κ1) is 21.0. The Bertz CT molecular complexity index is 977. The summed E-state index contributed by atoms with van der Waals surface area (Å²) in [6.07, 6.45) is 14.5. The molecule has 1 aliphatic carbocycles. The molecule has 0 amide bonds. The van der Waals surface area contributed by atoms with Gasteiger partial charge in [0.25, 0.3) is 0 Å². The van der Waals surface area contributed by atoms with E-state index in [0.29, 0.717) is 5.92 Å². The van der Waals surface area contributed by atoms with Gasteiger partial charge in [0.1, 0.15) is 16.2 Å². The van der Waals surface area contributed by atoms with E-state index in [4.69, 9.17) is 9.97 Å². The Balaban J connectivity index is 1.59. The lowest BCUT2D eigenvalue weighted by atomic mass is 9.99. The van der Waals surface area contributed by atoms with Crippen molar-refractivity contribution in [3.05, 3.63) is 23.1 Å². The Morgan fingerprint density at radius 3 is 2.66 bits per heavy atom. The maximum Gasteiger partial charge on any atom is 0.126 e. The van der Waals surface area contributed by atoms with E-state index in [0.717, 1.165) is 22.7 Å². The van der Waals surface area contributed by atoms with Gasteiger partial charge in [-0.15, -0.1) is 23.1 Å². The number of pyridine rings is 1. The Hall–Kier alpha value is -1.20. The highest BCUT2D eigenvalue weighted by Crippen LogP contribution is 2.42. The lowest BCUT2D eigenvalue weighted by molar-refractivity contribution is 0.627. The van der Waals surface area contributed by atoms with Crippen molar-refractivity contribution in [3.63, 3.8) is 0 Å². The lowest BCUT2D eigenvalue weighted by Crippen LogP contribution is -2.03. The number of hydrogen-bond donors (Lipinski definition) is 0. The zero-order chi connectivity index (χ0) is 20.2. The van der Waals surface area contributed by atoms with Gasteiger partial charge in [0, 0.05) is 11.1 Å². The number of thioether (sulfide) groups is 1. The minimum Gasteiger partial charge on any atom is -0.242 e. The van der Waals surface area contributed by atoms with Crippen LogP contribution in [0.4, 0.5) is 0 Å². The second-order valence-corrected chi connectivity index (χ2v) is 10.8. The van der Waals surface area contributed by atoms with Crippen molar-refractivity contribution < 1.29 is 0 Å². The molecule has 0 atom stereocenters. The molecule has 3 aromatic heterocycles. The molecule has 0 fully saturated rings. The van der Waals surface area contributed by atoms with Gasteiger partial charge in [-0.05, 0) is 54.9 Å². The van der Waals surface area contributed by atoms with E-state index in [9.17, 15) is 0 Å². The largest absolute Gasteiger partial charge is 0.242 e. The molecule has 0 saturated heterocycles. The third-order valence-corrected chi connectivity index (χ3v) is 8.15. The van der Waals surface area contributed by atoms with Crippen LogP contribution in [0.15, 0.2) is 11.4 Å². The third kappa shape index (κ3) is 4.61. The first-order chi connectivity index (χ1) is 14.2. The summed E-state index contributed by atoms with van der Waals surface area (Å²) in [6, 6.07) is 0. The Labute approximate surface area is 183 Å². The normalized spacial score (nSPS) is 13.8. The van der Waals surface area contributed by atoms with Crippen molar-refractivity contribution in [2.45, 2.75) is 90.0 Å². The van der Waals surface area contributed by atoms with Crippen LogP contribution >= 0.6 is 23.1 Å². The molecule has 0 N–H and O–H groups in total. The van der Waals surface area contributed by atoms with Crippen molar-refractivity contribution in [2.24, 2.45) is 5.92 Å². The van der Waals surface area contributed by atoms with E-state index in [2.05, 4.69) is 25.8 Å². The topological polar surface area (TPSA) is 38.7 Å². The zero-order valence-electron chi connectivity index (χ0n) is 18.1. The number of aryl methyl sites for hydroxylation is 1. The monoisotopic (exact) mass is 427 g/mol. The van der Waals surface area contributed by atoms with Gasteiger partial charge < -0.3 is 0 Å². The molecule has 5 heteroatoms. The van der Waals surface area contributed by atoms with Gasteiger partial charge in [-0.1, -0.05) is 52.9 Å². The van der Waals surface area contributed by atoms with E-state index in [1.807, 2.05) is 23.1 Å². The summed E-state index contributed by atoms with van der Waals surface area (Å²) in [4.78, 5) is 15.7. The summed E-state index contributed by atoms with van der Waals surface area (Å²) in [6.45, 7) is 6.86. The molecule has 1 aliphatic rings. The molecule has 0 aromatic carbocycles. The second-order valence-electron chi connectivity index (χ2n) is 8.72. The number of rotatable bonds is 10. The van der Waals surface area contributed by atoms with Crippen molar-refractivity contribution in [1.29, 1.82) is 0 Å². The van der Waals surface area contributed by atoms with Crippen LogP contribution in [-0.4, -0.2) is 20.7 Å². The molecule has 0 bridgehead atoms. The van der Waals surface area contributed by atoms with E-state index >= 15 is 0 Å². The maximum atomic E-state index is 5.15. The van der Waals surface area contributed by atoms with Crippen LogP contribution in [-0.2, 0) is 19.3 Å². The van der Waals surface area contributed by atoms with Gasteiger partial charge >= 0.3 is 0 Å². The van der Waals surface area contributed by atoms with Crippen molar-refractivity contribution >= 4 is 43.5 Å². The van der Waals surface area contributed by atoms with Crippen LogP contribution in [0, 0.1) is 5.92 Å². The van der Waals surface area contributed by atoms with Crippen molar-refractivity contribution in [2.75, 3.05) is 5.75 Å². The minimum atomic E-state index is 0.641. The fourth-order valence-electron chi connectivity index (χ4n) is 4.47. The molecule has 29 heavy (non-hydrogen) atoms. The Morgan fingerprint density at radius 1 is 1.03 bits per heavy atom. The van der Waals surface area contributed by atoms with Crippen LogP contribution in [0.5, 0.6) is 0 Å². The molecule has 3 heterocycles. The predicted octanol–water partition coefficient (Wildman–Crippen LogP) is 7.38. The molecule has 0 aliphatic heterocycles. The van der Waals surface area contributed by atoms with E-state index in [1.165, 1.54) is 89.5 Å². The maximum absolute atomic E-state index is 5.15. The Kier molecular flexibility index (Phi) is 7.07. The summed E-state index contributed by atoms with van der Waals surface area (Å²) >= 11 is 3.72. The van der Waals surface area contributed by atoms with Gasteiger partial charge in [-0.2, -0.15) is 0 Å².